The normalized spacial score (nSPS) is 10.5. The molecule has 0 aliphatic heterocycles. The van der Waals surface area contributed by atoms with Crippen molar-refractivity contribution in [3.8, 4) is 5.75 Å². The molecule has 0 radical (unpaired) electrons. The quantitative estimate of drug-likeness (QED) is 0.685. The molecule has 0 aliphatic carbocycles. The maximum atomic E-state index is 5.98. The fraction of sp³-hybridized carbons (Fsp3) is 0.294. The van der Waals surface area contributed by atoms with Crippen molar-refractivity contribution in [2.24, 2.45) is 0 Å². The molecular formula is C17H19Cl2NO2. The van der Waals surface area contributed by atoms with Gasteiger partial charge in [0.25, 0.3) is 0 Å². The highest BCUT2D eigenvalue weighted by atomic mass is 35.5. The first-order valence-corrected chi connectivity index (χ1v) is 7.92. The second kappa shape index (κ2) is 8.89. The zero-order valence-electron chi connectivity index (χ0n) is 12.4. The van der Waals surface area contributed by atoms with Crippen molar-refractivity contribution < 1.29 is 9.47 Å². The van der Waals surface area contributed by atoms with E-state index in [1.54, 1.807) is 6.07 Å². The van der Waals surface area contributed by atoms with Gasteiger partial charge in [-0.2, -0.15) is 0 Å². The first-order valence-electron chi connectivity index (χ1n) is 7.17. The fourth-order valence-corrected chi connectivity index (χ4v) is 2.52. The van der Waals surface area contributed by atoms with Crippen LogP contribution in [0.5, 0.6) is 5.75 Å². The maximum absolute atomic E-state index is 5.98. The van der Waals surface area contributed by atoms with Gasteiger partial charge in [-0.15, -0.1) is 0 Å². The van der Waals surface area contributed by atoms with E-state index in [-0.39, 0.29) is 0 Å². The average Bonchev–Trinajstić information content (AvgIpc) is 2.50. The Balaban J connectivity index is 1.83. The van der Waals surface area contributed by atoms with Crippen molar-refractivity contribution in [1.82, 2.24) is 0 Å². The molecule has 0 aromatic heterocycles. The van der Waals surface area contributed by atoms with Crippen LogP contribution in [0.25, 0.3) is 0 Å². The number of rotatable bonds is 8. The zero-order chi connectivity index (χ0) is 15.8. The minimum atomic E-state index is 0.557. The van der Waals surface area contributed by atoms with Crippen molar-refractivity contribution in [2.75, 3.05) is 25.1 Å². The topological polar surface area (TPSA) is 30.5 Å². The lowest BCUT2D eigenvalue weighted by Gasteiger charge is -2.09. The van der Waals surface area contributed by atoms with Gasteiger partial charge in [-0.1, -0.05) is 23.2 Å². The van der Waals surface area contributed by atoms with Crippen LogP contribution in [-0.4, -0.2) is 19.8 Å². The first-order chi connectivity index (χ1) is 10.7. The number of ether oxygens (including phenoxy) is 2. The van der Waals surface area contributed by atoms with Crippen LogP contribution in [0.2, 0.25) is 10.0 Å². The summed E-state index contributed by atoms with van der Waals surface area (Å²) in [5, 5.41) is 4.60. The van der Waals surface area contributed by atoms with Gasteiger partial charge in [0.2, 0.25) is 0 Å². The largest absolute Gasteiger partial charge is 0.491 e. The van der Waals surface area contributed by atoms with Gasteiger partial charge in [0, 0.05) is 28.9 Å². The molecule has 0 unspecified atom stereocenters. The van der Waals surface area contributed by atoms with E-state index in [2.05, 4.69) is 5.32 Å². The second-order valence-corrected chi connectivity index (χ2v) is 5.57. The molecule has 0 atom stereocenters. The van der Waals surface area contributed by atoms with Crippen LogP contribution >= 0.6 is 23.2 Å². The van der Waals surface area contributed by atoms with Crippen LogP contribution in [0.15, 0.2) is 42.5 Å². The molecular weight excluding hydrogens is 321 g/mol. The highest BCUT2D eigenvalue weighted by Gasteiger charge is 2.00. The van der Waals surface area contributed by atoms with Crippen LogP contribution in [0.1, 0.15) is 12.5 Å². The molecule has 0 aliphatic rings. The molecule has 2 rings (SSSR count). The summed E-state index contributed by atoms with van der Waals surface area (Å²) < 4.78 is 10.8. The van der Waals surface area contributed by atoms with Crippen molar-refractivity contribution in [3.05, 3.63) is 58.1 Å². The standard InChI is InChI=1S/C17H19Cl2NO2/c1-2-21-7-8-22-17-5-3-16(4-6-17)20-12-13-9-14(18)11-15(19)10-13/h3-6,9-11,20H,2,7-8,12H2,1H3. The molecule has 3 nitrogen and oxygen atoms in total. The number of hydrogen-bond donors (Lipinski definition) is 1. The average molecular weight is 340 g/mol. The zero-order valence-corrected chi connectivity index (χ0v) is 14.0. The maximum Gasteiger partial charge on any atom is 0.119 e. The van der Waals surface area contributed by atoms with Crippen molar-refractivity contribution in [3.63, 3.8) is 0 Å². The Morgan fingerprint density at radius 1 is 0.955 bits per heavy atom. The van der Waals surface area contributed by atoms with Gasteiger partial charge < -0.3 is 14.8 Å². The van der Waals surface area contributed by atoms with Crippen LogP contribution in [0.4, 0.5) is 5.69 Å². The summed E-state index contributed by atoms with van der Waals surface area (Å²) in [5.74, 6) is 0.830. The van der Waals surface area contributed by atoms with E-state index in [1.807, 2.05) is 43.3 Å². The van der Waals surface area contributed by atoms with Crippen LogP contribution in [-0.2, 0) is 11.3 Å². The summed E-state index contributed by atoms with van der Waals surface area (Å²) in [5.41, 5.74) is 2.04. The summed E-state index contributed by atoms with van der Waals surface area (Å²) in [4.78, 5) is 0. The molecule has 0 heterocycles. The monoisotopic (exact) mass is 339 g/mol. The smallest absolute Gasteiger partial charge is 0.119 e. The van der Waals surface area contributed by atoms with E-state index in [9.17, 15) is 0 Å². The summed E-state index contributed by atoms with van der Waals surface area (Å²) in [6.45, 7) is 4.49. The third kappa shape index (κ3) is 5.76. The highest BCUT2D eigenvalue weighted by molar-refractivity contribution is 6.34. The summed E-state index contributed by atoms with van der Waals surface area (Å²) >= 11 is 12.0. The lowest BCUT2D eigenvalue weighted by atomic mass is 10.2. The Bertz CT molecular complexity index is 567. The lowest BCUT2D eigenvalue weighted by molar-refractivity contribution is 0.110. The Labute approximate surface area is 141 Å². The van der Waals surface area contributed by atoms with Crippen molar-refractivity contribution in [2.45, 2.75) is 13.5 Å². The third-order valence-corrected chi connectivity index (χ3v) is 3.41. The first kappa shape index (κ1) is 16.9. The molecule has 2 aromatic carbocycles. The van der Waals surface area contributed by atoms with Crippen LogP contribution < -0.4 is 10.1 Å². The molecule has 2 aromatic rings. The van der Waals surface area contributed by atoms with E-state index >= 15 is 0 Å². The Morgan fingerprint density at radius 3 is 2.27 bits per heavy atom. The number of anilines is 1. The Kier molecular flexibility index (Phi) is 6.84. The molecule has 1 N–H and O–H groups in total. The van der Waals surface area contributed by atoms with Gasteiger partial charge in [-0.05, 0) is 55.0 Å². The SMILES string of the molecule is CCOCCOc1ccc(NCc2cc(Cl)cc(Cl)c2)cc1. The number of hydrogen-bond acceptors (Lipinski definition) is 3. The van der Waals surface area contributed by atoms with Gasteiger partial charge >= 0.3 is 0 Å². The van der Waals surface area contributed by atoms with Crippen molar-refractivity contribution >= 4 is 28.9 Å². The summed E-state index contributed by atoms with van der Waals surface area (Å²) in [7, 11) is 0. The van der Waals surface area contributed by atoms with E-state index in [0.717, 1.165) is 17.0 Å². The molecule has 0 fully saturated rings. The van der Waals surface area contributed by atoms with Gasteiger partial charge in [0.05, 0.1) is 6.61 Å². The van der Waals surface area contributed by atoms with Gasteiger partial charge in [0.15, 0.2) is 0 Å². The molecule has 0 amide bonds. The van der Waals surface area contributed by atoms with Crippen LogP contribution in [0, 0.1) is 0 Å². The number of nitrogens with one attached hydrogen (secondary N) is 1. The summed E-state index contributed by atoms with van der Waals surface area (Å²) in [6, 6.07) is 13.3. The van der Waals surface area contributed by atoms with Gasteiger partial charge in [-0.3, -0.25) is 0 Å². The summed E-state index contributed by atoms with van der Waals surface area (Å²) in [6.07, 6.45) is 0. The van der Waals surface area contributed by atoms with E-state index in [0.29, 0.717) is 36.4 Å². The van der Waals surface area contributed by atoms with E-state index in [1.165, 1.54) is 0 Å². The number of halogens is 2. The third-order valence-electron chi connectivity index (χ3n) is 2.97. The fourth-order valence-electron chi connectivity index (χ4n) is 1.95. The molecule has 22 heavy (non-hydrogen) atoms. The molecule has 0 saturated heterocycles. The molecule has 118 valence electrons. The van der Waals surface area contributed by atoms with Gasteiger partial charge in [-0.25, -0.2) is 0 Å². The van der Waals surface area contributed by atoms with Gasteiger partial charge in [0.1, 0.15) is 12.4 Å². The van der Waals surface area contributed by atoms with Crippen LogP contribution in [0.3, 0.4) is 0 Å². The Hall–Kier alpha value is -1.42. The highest BCUT2D eigenvalue weighted by Crippen LogP contribution is 2.21. The molecule has 5 heteroatoms. The minimum Gasteiger partial charge on any atom is -0.491 e. The van der Waals surface area contributed by atoms with E-state index in [4.69, 9.17) is 32.7 Å². The molecule has 0 bridgehead atoms. The minimum absolute atomic E-state index is 0.557. The predicted molar refractivity (Wildman–Crippen MR) is 92.2 cm³/mol. The van der Waals surface area contributed by atoms with Crippen molar-refractivity contribution in [1.29, 1.82) is 0 Å². The van der Waals surface area contributed by atoms with E-state index < -0.39 is 0 Å². The predicted octanol–water partition coefficient (Wildman–Crippen LogP) is 5.02. The second-order valence-electron chi connectivity index (χ2n) is 4.70. The lowest BCUT2D eigenvalue weighted by Crippen LogP contribution is -2.06. The molecule has 0 spiro atoms. The number of benzene rings is 2. The Morgan fingerprint density at radius 2 is 1.64 bits per heavy atom. The molecule has 0 saturated carbocycles.